The van der Waals surface area contributed by atoms with Gasteiger partial charge in [0, 0.05) is 12.8 Å². The van der Waals surface area contributed by atoms with Crippen molar-refractivity contribution in [1.82, 2.24) is 0 Å². The van der Waals surface area contributed by atoms with E-state index in [2.05, 4.69) is 6.92 Å². The smallest absolute Gasteiger partial charge is 0.311 e. The Balaban J connectivity index is 1.88. The van der Waals surface area contributed by atoms with Crippen molar-refractivity contribution in [2.75, 3.05) is 6.61 Å². The van der Waals surface area contributed by atoms with E-state index in [1.807, 2.05) is 31.2 Å². The minimum Gasteiger partial charge on any atom is -0.466 e. The SMILES string of the molecule is CCCCCCCCOC(=O)CCCCCCCCC(=O)Oc1ccccc1C. The van der Waals surface area contributed by atoms with Crippen LogP contribution in [0.15, 0.2) is 24.3 Å². The molecule has 0 aliphatic carbocycles. The van der Waals surface area contributed by atoms with Crippen LogP contribution in [0.5, 0.6) is 5.75 Å². The van der Waals surface area contributed by atoms with Gasteiger partial charge in [-0.3, -0.25) is 9.59 Å². The number of carbonyl (C=O) groups is 2. The van der Waals surface area contributed by atoms with Crippen molar-refractivity contribution >= 4 is 11.9 Å². The number of ether oxygens (including phenoxy) is 2. The van der Waals surface area contributed by atoms with Crippen molar-refractivity contribution in [3.8, 4) is 5.75 Å². The lowest BCUT2D eigenvalue weighted by atomic mass is 10.1. The fraction of sp³-hybridized carbons (Fsp3) is 0.680. The predicted octanol–water partition coefficient (Wildman–Crippen LogP) is 6.92. The summed E-state index contributed by atoms with van der Waals surface area (Å²) in [7, 11) is 0. The molecular formula is C25H40O4. The largest absolute Gasteiger partial charge is 0.466 e. The molecule has 0 saturated heterocycles. The summed E-state index contributed by atoms with van der Waals surface area (Å²) in [5, 5.41) is 0. The molecule has 0 aromatic heterocycles. The molecule has 0 unspecified atom stereocenters. The summed E-state index contributed by atoms with van der Waals surface area (Å²) >= 11 is 0. The zero-order chi connectivity index (χ0) is 21.2. The molecule has 164 valence electrons. The summed E-state index contributed by atoms with van der Waals surface area (Å²) in [5.74, 6) is 0.436. The van der Waals surface area contributed by atoms with Crippen molar-refractivity contribution in [3.05, 3.63) is 29.8 Å². The van der Waals surface area contributed by atoms with Gasteiger partial charge in [0.2, 0.25) is 0 Å². The number of unbranched alkanes of at least 4 members (excludes halogenated alkanes) is 10. The van der Waals surface area contributed by atoms with Gasteiger partial charge in [-0.15, -0.1) is 0 Å². The molecule has 0 aliphatic rings. The van der Waals surface area contributed by atoms with E-state index in [1.54, 1.807) is 0 Å². The van der Waals surface area contributed by atoms with Crippen molar-refractivity contribution in [1.29, 1.82) is 0 Å². The van der Waals surface area contributed by atoms with Crippen LogP contribution in [0.1, 0.15) is 102 Å². The maximum atomic E-state index is 11.9. The molecule has 0 spiro atoms. The zero-order valence-electron chi connectivity index (χ0n) is 18.5. The number of rotatable bonds is 17. The third kappa shape index (κ3) is 13.9. The Hall–Kier alpha value is -1.84. The average Bonchev–Trinajstić information content (AvgIpc) is 2.71. The van der Waals surface area contributed by atoms with Crippen molar-refractivity contribution < 1.29 is 19.1 Å². The Morgan fingerprint density at radius 3 is 1.93 bits per heavy atom. The predicted molar refractivity (Wildman–Crippen MR) is 118 cm³/mol. The maximum Gasteiger partial charge on any atom is 0.311 e. The maximum absolute atomic E-state index is 11.9. The summed E-state index contributed by atoms with van der Waals surface area (Å²) < 4.78 is 10.7. The highest BCUT2D eigenvalue weighted by atomic mass is 16.5. The Morgan fingerprint density at radius 1 is 0.724 bits per heavy atom. The number of benzene rings is 1. The first-order valence-corrected chi connectivity index (χ1v) is 11.6. The van der Waals surface area contributed by atoms with Crippen LogP contribution in [0.4, 0.5) is 0 Å². The summed E-state index contributed by atoms with van der Waals surface area (Å²) in [6, 6.07) is 7.57. The van der Waals surface area contributed by atoms with E-state index in [0.29, 0.717) is 25.2 Å². The van der Waals surface area contributed by atoms with Crippen LogP contribution < -0.4 is 4.74 Å². The van der Waals surface area contributed by atoms with Gasteiger partial charge in [-0.1, -0.05) is 82.9 Å². The Labute approximate surface area is 177 Å². The first kappa shape index (κ1) is 25.2. The molecule has 0 bridgehead atoms. The van der Waals surface area contributed by atoms with Crippen LogP contribution in [0.2, 0.25) is 0 Å². The highest BCUT2D eigenvalue weighted by Gasteiger charge is 2.07. The summed E-state index contributed by atoms with van der Waals surface area (Å²) in [6.45, 7) is 4.72. The molecule has 1 aromatic carbocycles. The van der Waals surface area contributed by atoms with E-state index in [1.165, 1.54) is 25.7 Å². The third-order valence-electron chi connectivity index (χ3n) is 5.09. The minimum atomic E-state index is -0.160. The quantitative estimate of drug-likeness (QED) is 0.160. The molecule has 4 nitrogen and oxygen atoms in total. The van der Waals surface area contributed by atoms with E-state index >= 15 is 0 Å². The first-order chi connectivity index (χ1) is 14.1. The van der Waals surface area contributed by atoms with Gasteiger partial charge >= 0.3 is 11.9 Å². The summed E-state index contributed by atoms with van der Waals surface area (Å²) in [5.41, 5.74) is 0.978. The van der Waals surface area contributed by atoms with Crippen LogP contribution in [-0.4, -0.2) is 18.5 Å². The monoisotopic (exact) mass is 404 g/mol. The van der Waals surface area contributed by atoms with Crippen LogP contribution >= 0.6 is 0 Å². The molecule has 0 amide bonds. The summed E-state index contributed by atoms with van der Waals surface area (Å²) in [4.78, 5) is 23.6. The molecule has 1 aromatic rings. The lowest BCUT2D eigenvalue weighted by Crippen LogP contribution is -2.08. The number of hydrogen-bond donors (Lipinski definition) is 0. The highest BCUT2D eigenvalue weighted by molar-refractivity contribution is 5.72. The fourth-order valence-electron chi connectivity index (χ4n) is 3.23. The van der Waals surface area contributed by atoms with E-state index in [-0.39, 0.29) is 11.9 Å². The Morgan fingerprint density at radius 2 is 1.28 bits per heavy atom. The van der Waals surface area contributed by atoms with Crippen LogP contribution in [0, 0.1) is 6.92 Å². The Kier molecular flexibility index (Phi) is 14.8. The number of para-hydroxylation sites is 1. The van der Waals surface area contributed by atoms with Crippen molar-refractivity contribution in [3.63, 3.8) is 0 Å². The second-order valence-electron chi connectivity index (χ2n) is 7.85. The number of esters is 2. The molecule has 0 fully saturated rings. The highest BCUT2D eigenvalue weighted by Crippen LogP contribution is 2.17. The second-order valence-corrected chi connectivity index (χ2v) is 7.85. The zero-order valence-corrected chi connectivity index (χ0v) is 18.5. The van der Waals surface area contributed by atoms with Crippen LogP contribution in [-0.2, 0) is 14.3 Å². The molecule has 0 heterocycles. The fourth-order valence-corrected chi connectivity index (χ4v) is 3.23. The molecule has 29 heavy (non-hydrogen) atoms. The molecule has 0 N–H and O–H groups in total. The van der Waals surface area contributed by atoms with E-state index < -0.39 is 0 Å². The molecular weight excluding hydrogens is 364 g/mol. The molecule has 0 saturated carbocycles. The minimum absolute atomic E-state index is 0.0579. The van der Waals surface area contributed by atoms with Crippen LogP contribution in [0.25, 0.3) is 0 Å². The van der Waals surface area contributed by atoms with Crippen LogP contribution in [0.3, 0.4) is 0 Å². The van der Waals surface area contributed by atoms with Gasteiger partial charge in [-0.05, 0) is 37.8 Å². The topological polar surface area (TPSA) is 52.6 Å². The molecule has 1 rings (SSSR count). The van der Waals surface area contributed by atoms with Gasteiger partial charge in [0.1, 0.15) is 5.75 Å². The van der Waals surface area contributed by atoms with Gasteiger partial charge in [0.25, 0.3) is 0 Å². The van der Waals surface area contributed by atoms with Crippen molar-refractivity contribution in [2.45, 2.75) is 104 Å². The number of aryl methyl sites for hydroxylation is 1. The lowest BCUT2D eigenvalue weighted by Gasteiger charge is -2.07. The van der Waals surface area contributed by atoms with Crippen molar-refractivity contribution in [2.24, 2.45) is 0 Å². The number of carbonyl (C=O) groups excluding carboxylic acids is 2. The van der Waals surface area contributed by atoms with Gasteiger partial charge in [-0.25, -0.2) is 0 Å². The normalized spacial score (nSPS) is 10.7. The molecule has 0 atom stereocenters. The lowest BCUT2D eigenvalue weighted by molar-refractivity contribution is -0.144. The molecule has 0 aliphatic heterocycles. The molecule has 0 radical (unpaired) electrons. The van der Waals surface area contributed by atoms with E-state index in [4.69, 9.17) is 9.47 Å². The summed E-state index contributed by atoms with van der Waals surface area (Å²) in [6.07, 6.45) is 14.2. The van der Waals surface area contributed by atoms with Gasteiger partial charge in [0.05, 0.1) is 6.61 Å². The average molecular weight is 405 g/mol. The second kappa shape index (κ2) is 17.1. The first-order valence-electron chi connectivity index (χ1n) is 11.6. The standard InChI is InChI=1S/C25H40O4/c1-3-4-5-6-11-16-21-28-24(26)19-12-9-7-8-10-13-20-25(27)29-23-18-15-14-17-22(23)2/h14-15,17-18H,3-13,16,19-21H2,1-2H3. The Bertz CT molecular complexity index is 568. The molecule has 4 heteroatoms. The van der Waals surface area contributed by atoms with Gasteiger partial charge < -0.3 is 9.47 Å². The number of hydrogen-bond acceptors (Lipinski definition) is 4. The third-order valence-corrected chi connectivity index (χ3v) is 5.09. The van der Waals surface area contributed by atoms with E-state index in [9.17, 15) is 9.59 Å². The van der Waals surface area contributed by atoms with E-state index in [0.717, 1.165) is 56.9 Å². The van der Waals surface area contributed by atoms with Gasteiger partial charge in [-0.2, -0.15) is 0 Å². The van der Waals surface area contributed by atoms with Gasteiger partial charge in [0.15, 0.2) is 0 Å².